The lowest BCUT2D eigenvalue weighted by Gasteiger charge is -2.35. The van der Waals surface area contributed by atoms with Crippen LogP contribution in [0, 0.1) is 5.92 Å². The van der Waals surface area contributed by atoms with E-state index in [4.69, 9.17) is 0 Å². The van der Waals surface area contributed by atoms with Crippen molar-refractivity contribution in [1.29, 1.82) is 0 Å². The molecule has 0 bridgehead atoms. The zero-order valence-electron chi connectivity index (χ0n) is 15.1. The van der Waals surface area contributed by atoms with Gasteiger partial charge in [-0.3, -0.25) is 15.1 Å². The molecule has 136 valence electrons. The van der Waals surface area contributed by atoms with Crippen LogP contribution in [0.15, 0.2) is 54.6 Å². The van der Waals surface area contributed by atoms with Gasteiger partial charge in [-0.1, -0.05) is 54.6 Å². The lowest BCUT2D eigenvalue weighted by Crippen LogP contribution is -2.48. The van der Waals surface area contributed by atoms with Gasteiger partial charge < -0.3 is 5.32 Å². The molecule has 26 heavy (non-hydrogen) atoms. The molecule has 2 aliphatic rings. The highest BCUT2D eigenvalue weighted by molar-refractivity contribution is 5.77. The SMILES string of the molecule is CNC(=O)CN1CCC2NNC(c3ccc(-c4ccccc4)cc3)C2C1. The summed E-state index contributed by atoms with van der Waals surface area (Å²) in [6, 6.07) is 20.0. The number of piperidine rings is 1. The number of carbonyl (C=O) groups excluding carboxylic acids is 1. The molecule has 0 saturated carbocycles. The fraction of sp³-hybridized carbons (Fsp3) is 0.381. The second kappa shape index (κ2) is 7.58. The first kappa shape index (κ1) is 17.2. The number of nitrogens with one attached hydrogen (secondary N) is 3. The number of nitrogens with zero attached hydrogens (tertiary/aromatic N) is 1. The lowest BCUT2D eigenvalue weighted by atomic mass is 9.84. The number of rotatable bonds is 4. The van der Waals surface area contributed by atoms with E-state index in [0.29, 0.717) is 18.5 Å². The van der Waals surface area contributed by atoms with Crippen molar-refractivity contribution in [1.82, 2.24) is 21.1 Å². The van der Waals surface area contributed by atoms with Crippen LogP contribution < -0.4 is 16.2 Å². The van der Waals surface area contributed by atoms with Crippen molar-refractivity contribution in [2.75, 3.05) is 26.7 Å². The molecule has 2 fully saturated rings. The van der Waals surface area contributed by atoms with E-state index in [1.165, 1.54) is 16.7 Å². The summed E-state index contributed by atoms with van der Waals surface area (Å²) in [6.45, 7) is 2.38. The fourth-order valence-electron chi connectivity index (χ4n) is 4.14. The second-order valence-corrected chi connectivity index (χ2v) is 7.22. The number of amides is 1. The largest absolute Gasteiger partial charge is 0.358 e. The Morgan fingerprint density at radius 1 is 1.08 bits per heavy atom. The molecule has 2 aliphatic heterocycles. The normalized spacial score (nSPS) is 25.7. The molecule has 5 heteroatoms. The molecule has 3 unspecified atom stereocenters. The van der Waals surface area contributed by atoms with Gasteiger partial charge in [-0.05, 0) is 23.1 Å². The summed E-state index contributed by atoms with van der Waals surface area (Å²) in [6.07, 6.45) is 1.06. The molecule has 2 saturated heterocycles. The molecular formula is C21H26N4O. The van der Waals surface area contributed by atoms with Crippen molar-refractivity contribution in [2.45, 2.75) is 18.5 Å². The molecule has 2 aromatic rings. The van der Waals surface area contributed by atoms with E-state index >= 15 is 0 Å². The minimum absolute atomic E-state index is 0.0890. The quantitative estimate of drug-likeness (QED) is 0.789. The van der Waals surface area contributed by atoms with Crippen molar-refractivity contribution in [3.05, 3.63) is 60.2 Å². The molecule has 3 N–H and O–H groups in total. The highest BCUT2D eigenvalue weighted by Crippen LogP contribution is 2.34. The highest BCUT2D eigenvalue weighted by atomic mass is 16.1. The van der Waals surface area contributed by atoms with Crippen LogP contribution >= 0.6 is 0 Å². The summed E-state index contributed by atoms with van der Waals surface area (Å²) in [7, 11) is 1.70. The molecule has 0 aromatic heterocycles. The Morgan fingerprint density at radius 2 is 1.81 bits per heavy atom. The van der Waals surface area contributed by atoms with Gasteiger partial charge in [0.15, 0.2) is 0 Å². The third kappa shape index (κ3) is 3.51. The molecule has 2 heterocycles. The number of hydrazine groups is 1. The van der Waals surface area contributed by atoms with Gasteiger partial charge in [-0.2, -0.15) is 0 Å². The maximum absolute atomic E-state index is 11.7. The average molecular weight is 350 g/mol. The molecule has 4 rings (SSSR count). The van der Waals surface area contributed by atoms with E-state index < -0.39 is 0 Å². The Morgan fingerprint density at radius 3 is 2.54 bits per heavy atom. The summed E-state index contributed by atoms with van der Waals surface area (Å²) in [4.78, 5) is 14.0. The minimum atomic E-state index is 0.0890. The van der Waals surface area contributed by atoms with Gasteiger partial charge in [-0.15, -0.1) is 0 Å². The zero-order chi connectivity index (χ0) is 17.9. The summed E-state index contributed by atoms with van der Waals surface area (Å²) in [5, 5.41) is 2.72. The van der Waals surface area contributed by atoms with Crippen molar-refractivity contribution in [3.8, 4) is 11.1 Å². The van der Waals surface area contributed by atoms with Gasteiger partial charge in [0.05, 0.1) is 12.6 Å². The predicted molar refractivity (Wildman–Crippen MR) is 103 cm³/mol. The first-order valence-corrected chi connectivity index (χ1v) is 9.34. The molecule has 1 amide bonds. The van der Waals surface area contributed by atoms with Crippen molar-refractivity contribution >= 4 is 5.91 Å². The monoisotopic (exact) mass is 350 g/mol. The first-order chi connectivity index (χ1) is 12.7. The molecule has 0 spiro atoms. The van der Waals surface area contributed by atoms with Crippen LogP contribution in [0.5, 0.6) is 0 Å². The van der Waals surface area contributed by atoms with Crippen LogP contribution in [0.3, 0.4) is 0 Å². The van der Waals surface area contributed by atoms with E-state index in [0.717, 1.165) is 19.5 Å². The molecule has 0 aliphatic carbocycles. The van der Waals surface area contributed by atoms with E-state index in [9.17, 15) is 4.79 Å². The van der Waals surface area contributed by atoms with Crippen molar-refractivity contribution in [3.63, 3.8) is 0 Å². The zero-order valence-corrected chi connectivity index (χ0v) is 15.1. The molecule has 2 aromatic carbocycles. The number of hydrogen-bond acceptors (Lipinski definition) is 4. The van der Waals surface area contributed by atoms with Crippen LogP contribution in [0.25, 0.3) is 11.1 Å². The van der Waals surface area contributed by atoms with Gasteiger partial charge in [0.25, 0.3) is 0 Å². The van der Waals surface area contributed by atoms with Gasteiger partial charge >= 0.3 is 0 Å². The van der Waals surface area contributed by atoms with Crippen molar-refractivity contribution < 1.29 is 4.79 Å². The van der Waals surface area contributed by atoms with Crippen molar-refractivity contribution in [2.24, 2.45) is 5.92 Å². The number of hydrogen-bond donors (Lipinski definition) is 3. The van der Waals surface area contributed by atoms with Crippen LogP contribution in [0.2, 0.25) is 0 Å². The van der Waals surface area contributed by atoms with Gasteiger partial charge in [0, 0.05) is 32.1 Å². The van der Waals surface area contributed by atoms with Gasteiger partial charge in [0.1, 0.15) is 0 Å². The van der Waals surface area contributed by atoms with Crippen LogP contribution in [-0.4, -0.2) is 43.5 Å². The fourth-order valence-corrected chi connectivity index (χ4v) is 4.14. The number of fused-ring (bicyclic) bond motifs is 1. The summed E-state index contributed by atoms with van der Waals surface area (Å²) < 4.78 is 0. The van der Waals surface area contributed by atoms with Crippen LogP contribution in [-0.2, 0) is 4.79 Å². The smallest absolute Gasteiger partial charge is 0.233 e. The second-order valence-electron chi connectivity index (χ2n) is 7.22. The van der Waals surface area contributed by atoms with Crippen LogP contribution in [0.4, 0.5) is 0 Å². The van der Waals surface area contributed by atoms with E-state index in [1.54, 1.807) is 7.05 Å². The van der Waals surface area contributed by atoms with Gasteiger partial charge in [0.2, 0.25) is 5.91 Å². The third-order valence-electron chi connectivity index (χ3n) is 5.62. The summed E-state index contributed by atoms with van der Waals surface area (Å²) >= 11 is 0. The summed E-state index contributed by atoms with van der Waals surface area (Å²) in [5.41, 5.74) is 10.7. The lowest BCUT2D eigenvalue weighted by molar-refractivity contribution is -0.122. The van der Waals surface area contributed by atoms with Crippen LogP contribution in [0.1, 0.15) is 18.0 Å². The minimum Gasteiger partial charge on any atom is -0.358 e. The molecule has 3 atom stereocenters. The molecule has 0 radical (unpaired) electrons. The summed E-state index contributed by atoms with van der Waals surface area (Å²) in [5.74, 6) is 0.558. The molecular weight excluding hydrogens is 324 g/mol. The topological polar surface area (TPSA) is 56.4 Å². The standard InChI is InChI=1S/C21H26N4O/c1-22-20(26)14-25-12-11-19-18(13-25)21(24-23-19)17-9-7-16(8-10-17)15-5-3-2-4-6-15/h2-10,18-19,21,23-24H,11-14H2,1H3,(H,22,26). The maximum atomic E-state index is 11.7. The first-order valence-electron chi connectivity index (χ1n) is 9.34. The highest BCUT2D eigenvalue weighted by Gasteiger charge is 2.40. The Hall–Kier alpha value is -2.21. The third-order valence-corrected chi connectivity index (χ3v) is 5.62. The predicted octanol–water partition coefficient (Wildman–Crippen LogP) is 1.94. The van der Waals surface area contributed by atoms with E-state index in [2.05, 4.69) is 69.6 Å². The number of carbonyl (C=O) groups is 1. The van der Waals surface area contributed by atoms with Gasteiger partial charge in [-0.25, -0.2) is 5.43 Å². The Labute approximate surface area is 154 Å². The van der Waals surface area contributed by atoms with E-state index in [-0.39, 0.29) is 11.9 Å². The maximum Gasteiger partial charge on any atom is 0.233 e. The number of likely N-dealkylation sites (N-methyl/N-ethyl adjacent to an activating group) is 1. The number of likely N-dealkylation sites (tertiary alicyclic amines) is 1. The Balaban J connectivity index is 1.48. The van der Waals surface area contributed by atoms with E-state index in [1.807, 2.05) is 6.07 Å². The Kier molecular flexibility index (Phi) is 5.02. The number of benzene rings is 2. The molecule has 5 nitrogen and oxygen atoms in total. The average Bonchev–Trinajstić information content (AvgIpc) is 3.12. The Bertz CT molecular complexity index is 746.